The number of rotatable bonds is 10. The van der Waals surface area contributed by atoms with Crippen LogP contribution < -0.4 is 0 Å². The number of aliphatic hydroxyl groups is 2. The molecule has 2 aliphatic rings. The van der Waals surface area contributed by atoms with Crippen molar-refractivity contribution in [3.05, 3.63) is 46.6 Å². The van der Waals surface area contributed by atoms with Gasteiger partial charge in [0.15, 0.2) is 0 Å². The molecule has 38 heavy (non-hydrogen) atoms. The molecule has 0 spiro atoms. The SMILES string of the molecule is CCCC(C1(O)C(C)=CC(CCC(=O)O)=CC1C(C)(C)C)C1(O)C(C)=CC(CCC(=O)O)=CC1C(C)(C)C. The maximum atomic E-state index is 12.9. The molecule has 0 saturated heterocycles. The summed E-state index contributed by atoms with van der Waals surface area (Å²) in [5.74, 6) is -2.96. The first-order chi connectivity index (χ1) is 17.3. The smallest absolute Gasteiger partial charge is 0.303 e. The molecule has 0 fully saturated rings. The van der Waals surface area contributed by atoms with E-state index >= 15 is 0 Å². The van der Waals surface area contributed by atoms with Crippen molar-refractivity contribution in [1.82, 2.24) is 0 Å². The van der Waals surface area contributed by atoms with E-state index in [0.717, 1.165) is 28.7 Å². The van der Waals surface area contributed by atoms with E-state index in [9.17, 15) is 30.0 Å². The number of aliphatic carboxylic acids is 2. The lowest BCUT2D eigenvalue weighted by atomic mass is 9.50. The average Bonchev–Trinajstić information content (AvgIpc) is 2.76. The van der Waals surface area contributed by atoms with E-state index in [4.69, 9.17) is 0 Å². The van der Waals surface area contributed by atoms with Crippen LogP contribution >= 0.6 is 0 Å². The van der Waals surface area contributed by atoms with Crippen molar-refractivity contribution in [2.75, 3.05) is 0 Å². The van der Waals surface area contributed by atoms with Gasteiger partial charge in [-0.05, 0) is 55.1 Å². The van der Waals surface area contributed by atoms with Crippen LogP contribution in [0.4, 0.5) is 0 Å². The molecule has 0 saturated carbocycles. The summed E-state index contributed by atoms with van der Waals surface area (Å²) in [5, 5.41) is 44.2. The zero-order chi connectivity index (χ0) is 29.3. The molecule has 0 aromatic heterocycles. The predicted octanol–water partition coefficient (Wildman–Crippen LogP) is 6.69. The zero-order valence-corrected chi connectivity index (χ0v) is 24.9. The molecule has 0 heterocycles. The van der Waals surface area contributed by atoms with E-state index in [-0.39, 0.29) is 35.5 Å². The largest absolute Gasteiger partial charge is 0.481 e. The van der Waals surface area contributed by atoms with Gasteiger partial charge in [0.2, 0.25) is 0 Å². The highest BCUT2D eigenvalue weighted by Gasteiger charge is 2.60. The first-order valence-electron chi connectivity index (χ1n) is 14.0. The summed E-state index contributed by atoms with van der Waals surface area (Å²) in [7, 11) is 0. The third-order valence-electron chi connectivity index (χ3n) is 8.54. The summed E-state index contributed by atoms with van der Waals surface area (Å²) in [6.07, 6.45) is 10.0. The van der Waals surface area contributed by atoms with Gasteiger partial charge in [0, 0.05) is 30.6 Å². The van der Waals surface area contributed by atoms with Crippen LogP contribution in [-0.2, 0) is 9.59 Å². The second-order valence-corrected chi connectivity index (χ2v) is 13.6. The summed E-state index contributed by atoms with van der Waals surface area (Å²) in [6.45, 7) is 18.3. The highest BCUT2D eigenvalue weighted by Crippen LogP contribution is 2.57. The van der Waals surface area contributed by atoms with Gasteiger partial charge in [0.1, 0.15) is 0 Å². The topological polar surface area (TPSA) is 115 Å². The van der Waals surface area contributed by atoms with Gasteiger partial charge < -0.3 is 20.4 Å². The number of carbonyl (C=O) groups is 2. The Morgan fingerprint density at radius 2 is 1.13 bits per heavy atom. The van der Waals surface area contributed by atoms with Crippen molar-refractivity contribution in [3.8, 4) is 0 Å². The minimum absolute atomic E-state index is 0.0189. The fourth-order valence-corrected chi connectivity index (χ4v) is 6.74. The van der Waals surface area contributed by atoms with Crippen molar-refractivity contribution in [1.29, 1.82) is 0 Å². The molecule has 2 rings (SSSR count). The van der Waals surface area contributed by atoms with Gasteiger partial charge in [-0.15, -0.1) is 0 Å². The molecule has 4 unspecified atom stereocenters. The molecule has 214 valence electrons. The first-order valence-corrected chi connectivity index (χ1v) is 14.0. The van der Waals surface area contributed by atoms with Crippen LogP contribution in [0.2, 0.25) is 0 Å². The van der Waals surface area contributed by atoms with E-state index in [2.05, 4.69) is 48.5 Å². The minimum Gasteiger partial charge on any atom is -0.481 e. The van der Waals surface area contributed by atoms with Crippen LogP contribution in [0.15, 0.2) is 46.6 Å². The molecular formula is C32H50O6. The van der Waals surface area contributed by atoms with Crippen LogP contribution in [0.25, 0.3) is 0 Å². The van der Waals surface area contributed by atoms with Gasteiger partial charge >= 0.3 is 11.9 Å². The molecule has 0 aliphatic heterocycles. The number of carboxylic acid groups (broad SMARTS) is 2. The number of carboxylic acids is 2. The van der Waals surface area contributed by atoms with Crippen molar-refractivity contribution in [2.45, 2.75) is 112 Å². The summed E-state index contributed by atoms with van der Waals surface area (Å²) in [6, 6.07) is 0. The van der Waals surface area contributed by atoms with Crippen LogP contribution in [0.3, 0.4) is 0 Å². The van der Waals surface area contributed by atoms with E-state index in [1.165, 1.54) is 0 Å². The minimum atomic E-state index is -1.37. The van der Waals surface area contributed by atoms with Crippen LogP contribution in [0.5, 0.6) is 0 Å². The molecular weight excluding hydrogens is 480 g/mol. The quantitative estimate of drug-likeness (QED) is 0.250. The number of allylic oxidation sites excluding steroid dienone is 4. The van der Waals surface area contributed by atoms with Crippen LogP contribution in [0, 0.1) is 28.6 Å². The second-order valence-electron chi connectivity index (χ2n) is 13.6. The van der Waals surface area contributed by atoms with Crippen molar-refractivity contribution >= 4 is 11.9 Å². The summed E-state index contributed by atoms with van der Waals surface area (Å²) >= 11 is 0. The van der Waals surface area contributed by atoms with E-state index < -0.39 is 29.1 Å². The Morgan fingerprint density at radius 1 is 0.789 bits per heavy atom. The van der Waals surface area contributed by atoms with Gasteiger partial charge in [-0.25, -0.2) is 0 Å². The Bertz CT molecular complexity index is 951. The molecule has 6 heteroatoms. The van der Waals surface area contributed by atoms with Crippen LogP contribution in [-0.4, -0.2) is 43.6 Å². The molecule has 2 aliphatic carbocycles. The summed E-state index contributed by atoms with van der Waals surface area (Å²) < 4.78 is 0. The van der Waals surface area contributed by atoms with Crippen molar-refractivity contribution < 1.29 is 30.0 Å². The van der Waals surface area contributed by atoms with E-state index in [1.807, 2.05) is 38.2 Å². The van der Waals surface area contributed by atoms with E-state index in [0.29, 0.717) is 19.3 Å². The predicted molar refractivity (Wildman–Crippen MR) is 152 cm³/mol. The molecule has 6 nitrogen and oxygen atoms in total. The van der Waals surface area contributed by atoms with Gasteiger partial charge in [-0.2, -0.15) is 0 Å². The van der Waals surface area contributed by atoms with E-state index in [1.54, 1.807) is 0 Å². The Labute approximate surface area is 229 Å². The number of hydrogen-bond donors (Lipinski definition) is 4. The molecule has 0 amide bonds. The Hall–Kier alpha value is -2.18. The maximum absolute atomic E-state index is 12.9. The monoisotopic (exact) mass is 530 g/mol. The zero-order valence-electron chi connectivity index (χ0n) is 24.9. The van der Waals surface area contributed by atoms with Gasteiger partial charge in [-0.3, -0.25) is 9.59 Å². The van der Waals surface area contributed by atoms with Crippen molar-refractivity contribution in [3.63, 3.8) is 0 Å². The molecule has 0 aromatic carbocycles. The lowest BCUT2D eigenvalue weighted by molar-refractivity contribution is -0.157. The first kappa shape index (κ1) is 32.0. The van der Waals surface area contributed by atoms with Gasteiger partial charge in [0.05, 0.1) is 11.2 Å². The third kappa shape index (κ3) is 6.51. The molecule has 0 bridgehead atoms. The Morgan fingerprint density at radius 3 is 1.39 bits per heavy atom. The fraction of sp³-hybridized carbons (Fsp3) is 0.688. The lowest BCUT2D eigenvalue weighted by Gasteiger charge is -2.58. The van der Waals surface area contributed by atoms with Crippen molar-refractivity contribution in [2.24, 2.45) is 28.6 Å². The molecule has 0 radical (unpaired) electrons. The Kier molecular flexibility index (Phi) is 9.70. The second kappa shape index (κ2) is 11.5. The van der Waals surface area contributed by atoms with Crippen LogP contribution in [0.1, 0.15) is 101 Å². The lowest BCUT2D eigenvalue weighted by Crippen LogP contribution is -2.63. The fourth-order valence-electron chi connectivity index (χ4n) is 6.74. The molecule has 0 aromatic rings. The standard InChI is InChI=1S/C32H50O6/c1-10-11-24(31(37)20(2)16-22(12-14-27(33)34)18-25(31)29(4,5)6)32(38)21(3)17-23(13-15-28(35)36)19-26(32)30(7,8)9/h16-19,24-26,37-38H,10-15H2,1-9H3,(H,33,34)(H,35,36). The van der Waals surface area contributed by atoms with Gasteiger partial charge in [0.25, 0.3) is 0 Å². The normalized spacial score (nSPS) is 29.1. The molecule has 4 N–H and O–H groups in total. The number of hydrogen-bond acceptors (Lipinski definition) is 4. The van der Waals surface area contributed by atoms with Gasteiger partial charge in [-0.1, -0.05) is 90.3 Å². The summed E-state index contributed by atoms with van der Waals surface area (Å²) in [5.41, 5.74) is -0.199. The Balaban J connectivity index is 2.75. The highest BCUT2D eigenvalue weighted by atomic mass is 16.4. The maximum Gasteiger partial charge on any atom is 0.303 e. The third-order valence-corrected chi connectivity index (χ3v) is 8.54. The average molecular weight is 531 g/mol. The highest BCUT2D eigenvalue weighted by molar-refractivity contribution is 5.67. The molecule has 4 atom stereocenters. The summed E-state index contributed by atoms with van der Waals surface area (Å²) in [4.78, 5) is 22.5.